The highest BCUT2D eigenvalue weighted by Gasteiger charge is 2.05. The Labute approximate surface area is 204 Å². The molecule has 0 fully saturated rings. The van der Waals surface area contributed by atoms with Gasteiger partial charge in [-0.1, -0.05) is 99.5 Å². The average molecular weight is 453 g/mol. The number of rotatable bonds is 12. The van der Waals surface area contributed by atoms with E-state index in [1.54, 1.807) is 12.1 Å². The van der Waals surface area contributed by atoms with E-state index >= 15 is 0 Å². The highest BCUT2D eigenvalue weighted by molar-refractivity contribution is 5.93. The molecule has 0 bridgehead atoms. The van der Waals surface area contributed by atoms with Crippen molar-refractivity contribution in [1.29, 1.82) is 0 Å². The second-order valence-electron chi connectivity index (χ2n) is 8.61. The lowest BCUT2D eigenvalue weighted by Gasteiger charge is -2.24. The zero-order valence-corrected chi connectivity index (χ0v) is 20.4. The summed E-state index contributed by atoms with van der Waals surface area (Å²) in [5.74, 6) is -0.406. The second kappa shape index (κ2) is 13.2. The number of benzene rings is 3. The maximum Gasteiger partial charge on any atom is 0.248 e. The Bertz CT molecular complexity index is 1070. The summed E-state index contributed by atoms with van der Waals surface area (Å²) in [4.78, 5) is 13.7. The van der Waals surface area contributed by atoms with Crippen LogP contribution in [-0.2, 0) is 0 Å². The van der Waals surface area contributed by atoms with E-state index in [-0.39, 0.29) is 0 Å². The number of primary amides is 1. The van der Waals surface area contributed by atoms with Gasteiger partial charge in [-0.15, -0.1) is 0 Å². The molecular weight excluding hydrogens is 416 g/mol. The van der Waals surface area contributed by atoms with Crippen molar-refractivity contribution in [3.8, 4) is 0 Å². The van der Waals surface area contributed by atoms with E-state index in [4.69, 9.17) is 5.73 Å². The summed E-state index contributed by atoms with van der Waals surface area (Å²) in [6.07, 6.45) is 13.3. The summed E-state index contributed by atoms with van der Waals surface area (Å²) in [5.41, 5.74) is 11.7. The van der Waals surface area contributed by atoms with Crippen LogP contribution in [0.5, 0.6) is 0 Å². The third-order valence-corrected chi connectivity index (χ3v) is 5.89. The van der Waals surface area contributed by atoms with Crippen molar-refractivity contribution in [1.82, 2.24) is 0 Å². The Kier molecular flexibility index (Phi) is 9.72. The molecule has 3 heteroatoms. The number of amides is 1. The van der Waals surface area contributed by atoms with Gasteiger partial charge < -0.3 is 10.6 Å². The van der Waals surface area contributed by atoms with Crippen LogP contribution in [-0.4, -0.2) is 19.0 Å². The third kappa shape index (κ3) is 7.77. The number of nitrogens with zero attached hydrogens (tertiary/aromatic N) is 1. The van der Waals surface area contributed by atoms with Crippen LogP contribution < -0.4 is 10.6 Å². The monoisotopic (exact) mass is 452 g/mol. The van der Waals surface area contributed by atoms with Gasteiger partial charge in [0, 0.05) is 24.3 Å². The predicted octanol–water partition coefficient (Wildman–Crippen LogP) is 7.53. The summed E-state index contributed by atoms with van der Waals surface area (Å²) in [6.45, 7) is 6.76. The van der Waals surface area contributed by atoms with E-state index in [1.165, 1.54) is 42.5 Å². The van der Waals surface area contributed by atoms with Gasteiger partial charge in [0.25, 0.3) is 0 Å². The molecule has 3 aromatic rings. The topological polar surface area (TPSA) is 46.3 Å². The Morgan fingerprint density at radius 3 is 1.35 bits per heavy atom. The fourth-order valence-corrected chi connectivity index (χ4v) is 3.73. The number of hydrogen-bond acceptors (Lipinski definition) is 2. The molecule has 0 unspecified atom stereocenters. The van der Waals surface area contributed by atoms with E-state index in [1.807, 2.05) is 18.2 Å². The van der Waals surface area contributed by atoms with Gasteiger partial charge in [0.2, 0.25) is 5.91 Å². The Morgan fingerprint density at radius 2 is 1.00 bits per heavy atom. The minimum absolute atomic E-state index is 0.406. The van der Waals surface area contributed by atoms with E-state index in [0.29, 0.717) is 5.56 Å². The molecule has 0 radical (unpaired) electrons. The molecule has 3 nitrogen and oxygen atoms in total. The summed E-state index contributed by atoms with van der Waals surface area (Å²) in [7, 11) is 0. The normalized spacial score (nSPS) is 11.4. The minimum Gasteiger partial charge on any atom is -0.372 e. The van der Waals surface area contributed by atoms with Crippen molar-refractivity contribution in [2.24, 2.45) is 5.73 Å². The van der Waals surface area contributed by atoms with Crippen LogP contribution in [0.3, 0.4) is 0 Å². The molecule has 0 saturated carbocycles. The van der Waals surface area contributed by atoms with Crippen LogP contribution in [0.25, 0.3) is 24.3 Å². The van der Waals surface area contributed by atoms with E-state index in [0.717, 1.165) is 24.2 Å². The third-order valence-electron chi connectivity index (χ3n) is 5.89. The van der Waals surface area contributed by atoms with Crippen LogP contribution in [0, 0.1) is 0 Å². The zero-order valence-electron chi connectivity index (χ0n) is 20.4. The van der Waals surface area contributed by atoms with Crippen LogP contribution >= 0.6 is 0 Å². The lowest BCUT2D eigenvalue weighted by atomic mass is 10.1. The fourth-order valence-electron chi connectivity index (χ4n) is 3.73. The van der Waals surface area contributed by atoms with Crippen molar-refractivity contribution in [2.45, 2.75) is 39.5 Å². The number of carbonyl (C=O) groups excluding carboxylic acids is 1. The first-order valence-corrected chi connectivity index (χ1v) is 12.3. The molecule has 0 atom stereocenters. The molecule has 2 N–H and O–H groups in total. The van der Waals surface area contributed by atoms with Gasteiger partial charge in [-0.3, -0.25) is 4.79 Å². The average Bonchev–Trinajstić information content (AvgIpc) is 2.87. The minimum atomic E-state index is -0.406. The number of carbonyl (C=O) groups is 1. The van der Waals surface area contributed by atoms with Crippen LogP contribution in [0.1, 0.15) is 72.1 Å². The highest BCUT2D eigenvalue weighted by atomic mass is 16.1. The molecule has 3 rings (SSSR count). The second-order valence-corrected chi connectivity index (χ2v) is 8.61. The van der Waals surface area contributed by atoms with Gasteiger partial charge in [-0.25, -0.2) is 0 Å². The van der Waals surface area contributed by atoms with Crippen LogP contribution in [0.2, 0.25) is 0 Å². The van der Waals surface area contributed by atoms with Crippen molar-refractivity contribution in [3.63, 3.8) is 0 Å². The first kappa shape index (κ1) is 25.0. The van der Waals surface area contributed by atoms with Crippen LogP contribution in [0.15, 0.2) is 72.8 Å². The smallest absolute Gasteiger partial charge is 0.248 e. The molecule has 3 aromatic carbocycles. The molecular formula is C31H36N2O. The largest absolute Gasteiger partial charge is 0.372 e. The molecule has 34 heavy (non-hydrogen) atoms. The van der Waals surface area contributed by atoms with Crippen molar-refractivity contribution < 1.29 is 4.79 Å². The van der Waals surface area contributed by atoms with E-state index in [9.17, 15) is 4.79 Å². The summed E-state index contributed by atoms with van der Waals surface area (Å²) in [5, 5.41) is 0. The summed E-state index contributed by atoms with van der Waals surface area (Å²) in [6, 6.07) is 24.6. The molecule has 0 spiro atoms. The number of anilines is 1. The van der Waals surface area contributed by atoms with Gasteiger partial charge in [-0.2, -0.15) is 0 Å². The van der Waals surface area contributed by atoms with Gasteiger partial charge in [-0.05, 0) is 59.4 Å². The standard InChI is InChI=1S/C31H36N2O/c1-3-5-23-33(24-6-4-2)30-21-17-28(18-22-30)14-12-26-9-7-25(8-10-26)11-13-27-15-19-29(20-16-27)31(32)34/h7-22H,3-6,23-24H2,1-2H3,(H2,32,34)/b13-11+,14-12+. The molecule has 0 aliphatic rings. The molecule has 176 valence electrons. The first-order valence-electron chi connectivity index (χ1n) is 12.3. The maximum atomic E-state index is 11.2. The highest BCUT2D eigenvalue weighted by Crippen LogP contribution is 2.19. The number of nitrogens with two attached hydrogens (primary N) is 1. The van der Waals surface area contributed by atoms with Gasteiger partial charge in [0.15, 0.2) is 0 Å². The number of unbranched alkanes of at least 4 members (excludes halogenated alkanes) is 2. The molecule has 0 aliphatic carbocycles. The van der Waals surface area contributed by atoms with Crippen molar-refractivity contribution in [2.75, 3.05) is 18.0 Å². The molecule has 0 saturated heterocycles. The summed E-state index contributed by atoms with van der Waals surface area (Å²) >= 11 is 0. The van der Waals surface area contributed by atoms with Crippen molar-refractivity contribution >= 4 is 35.9 Å². The Hall–Kier alpha value is -3.59. The first-order chi connectivity index (χ1) is 16.6. The SMILES string of the molecule is CCCCN(CCCC)c1ccc(/C=C/c2ccc(/C=C/c3ccc(C(N)=O)cc3)cc2)cc1. The Balaban J connectivity index is 1.59. The van der Waals surface area contributed by atoms with Crippen LogP contribution in [0.4, 0.5) is 5.69 Å². The van der Waals surface area contributed by atoms with Gasteiger partial charge in [0.05, 0.1) is 0 Å². The number of hydrogen-bond donors (Lipinski definition) is 1. The van der Waals surface area contributed by atoms with Gasteiger partial charge >= 0.3 is 0 Å². The van der Waals surface area contributed by atoms with Gasteiger partial charge in [0.1, 0.15) is 0 Å². The lowest BCUT2D eigenvalue weighted by molar-refractivity contribution is 0.100. The Morgan fingerprint density at radius 1 is 0.647 bits per heavy atom. The lowest BCUT2D eigenvalue weighted by Crippen LogP contribution is -2.25. The quantitative estimate of drug-likeness (QED) is 0.289. The molecule has 0 heterocycles. The summed E-state index contributed by atoms with van der Waals surface area (Å²) < 4.78 is 0. The zero-order chi connectivity index (χ0) is 24.2. The predicted molar refractivity (Wildman–Crippen MR) is 148 cm³/mol. The van der Waals surface area contributed by atoms with E-state index in [2.05, 4.69) is 85.5 Å². The van der Waals surface area contributed by atoms with E-state index < -0.39 is 5.91 Å². The fraction of sp³-hybridized carbons (Fsp3) is 0.258. The van der Waals surface area contributed by atoms with Crippen molar-refractivity contribution in [3.05, 3.63) is 101 Å². The maximum absolute atomic E-state index is 11.2. The molecule has 0 aliphatic heterocycles. The molecule has 0 aromatic heterocycles. The molecule has 1 amide bonds.